The molecule has 0 atom stereocenters. The minimum atomic E-state index is -3.96. The molecule has 3 aromatic rings. The van der Waals surface area contributed by atoms with E-state index in [1.807, 2.05) is 0 Å². The highest BCUT2D eigenvalue weighted by atomic mass is 35.5. The molecule has 8 heteroatoms. The van der Waals surface area contributed by atoms with Gasteiger partial charge in [0, 0.05) is 22.6 Å². The number of benzene rings is 3. The van der Waals surface area contributed by atoms with Gasteiger partial charge in [0.2, 0.25) is 0 Å². The second kappa shape index (κ2) is 10.4. The predicted octanol–water partition coefficient (Wildman–Crippen LogP) is 4.87. The van der Waals surface area contributed by atoms with E-state index in [2.05, 4.69) is 4.72 Å². The lowest BCUT2D eigenvalue weighted by molar-refractivity contribution is -0.143. The van der Waals surface area contributed by atoms with Crippen LogP contribution in [0.4, 0.5) is 5.69 Å². The summed E-state index contributed by atoms with van der Waals surface area (Å²) in [5.74, 6) is -0.649. The lowest BCUT2D eigenvalue weighted by Gasteiger charge is -2.13. The summed E-state index contributed by atoms with van der Waals surface area (Å²) in [6.07, 6.45) is 0.660. The van der Waals surface area contributed by atoms with Gasteiger partial charge < -0.3 is 4.74 Å². The molecular formula is C24H22ClNO5S. The van der Waals surface area contributed by atoms with Gasteiger partial charge >= 0.3 is 5.97 Å². The number of ketones is 1. The van der Waals surface area contributed by atoms with E-state index in [1.165, 1.54) is 30.3 Å². The lowest BCUT2D eigenvalue weighted by atomic mass is 10.0. The number of halogens is 1. The summed E-state index contributed by atoms with van der Waals surface area (Å²) in [5.41, 5.74) is 1.51. The first-order chi connectivity index (χ1) is 15.3. The van der Waals surface area contributed by atoms with Gasteiger partial charge in [-0.2, -0.15) is 0 Å². The van der Waals surface area contributed by atoms with Gasteiger partial charge in [-0.3, -0.25) is 14.3 Å². The van der Waals surface area contributed by atoms with E-state index in [4.69, 9.17) is 16.3 Å². The number of esters is 1. The SMILES string of the molecule is CCOC(=O)CCc1ccc(S(=O)(=O)Nc2ccc(Cl)cc2C(=O)c2ccccc2)cc1. The van der Waals surface area contributed by atoms with E-state index in [0.29, 0.717) is 23.6 Å². The zero-order chi connectivity index (χ0) is 23.1. The number of rotatable bonds is 9. The number of ether oxygens (including phenoxy) is 1. The molecule has 0 saturated carbocycles. The Balaban J connectivity index is 1.81. The lowest BCUT2D eigenvalue weighted by Crippen LogP contribution is -2.16. The molecule has 0 heterocycles. The van der Waals surface area contributed by atoms with E-state index in [-0.39, 0.29) is 34.3 Å². The number of nitrogens with one attached hydrogen (secondary N) is 1. The van der Waals surface area contributed by atoms with Crippen molar-refractivity contribution in [2.24, 2.45) is 0 Å². The van der Waals surface area contributed by atoms with Crippen LogP contribution in [0, 0.1) is 0 Å². The van der Waals surface area contributed by atoms with E-state index < -0.39 is 10.0 Å². The summed E-state index contributed by atoms with van der Waals surface area (Å²) < 4.78 is 33.2. The Morgan fingerprint density at radius 3 is 2.31 bits per heavy atom. The number of sulfonamides is 1. The standard InChI is InChI=1S/C24H22ClNO5S/c1-2-31-23(27)15-10-17-8-12-20(13-9-17)32(29,30)26-22-14-11-19(25)16-21(22)24(28)18-6-4-3-5-7-18/h3-9,11-14,16,26H,2,10,15H2,1H3. The number of anilines is 1. The van der Waals surface area contributed by atoms with Crippen molar-refractivity contribution >= 4 is 39.1 Å². The van der Waals surface area contributed by atoms with Crippen molar-refractivity contribution in [2.75, 3.05) is 11.3 Å². The number of carbonyl (C=O) groups is 2. The quantitative estimate of drug-likeness (QED) is 0.355. The summed E-state index contributed by atoms with van der Waals surface area (Å²) in [5, 5.41) is 0.318. The molecule has 6 nitrogen and oxygen atoms in total. The molecule has 32 heavy (non-hydrogen) atoms. The highest BCUT2D eigenvalue weighted by Crippen LogP contribution is 2.26. The maximum absolute atomic E-state index is 12.9. The second-order valence-corrected chi connectivity index (χ2v) is 9.06. The van der Waals surface area contributed by atoms with E-state index in [0.717, 1.165) is 5.56 Å². The van der Waals surface area contributed by atoms with E-state index >= 15 is 0 Å². The first-order valence-electron chi connectivity index (χ1n) is 9.97. The Morgan fingerprint density at radius 1 is 0.969 bits per heavy atom. The predicted molar refractivity (Wildman–Crippen MR) is 124 cm³/mol. The van der Waals surface area contributed by atoms with Crippen LogP contribution < -0.4 is 4.72 Å². The molecule has 0 fully saturated rings. The highest BCUT2D eigenvalue weighted by Gasteiger charge is 2.20. The number of hydrogen-bond acceptors (Lipinski definition) is 5. The smallest absolute Gasteiger partial charge is 0.306 e. The van der Waals surface area contributed by atoms with E-state index in [9.17, 15) is 18.0 Å². The van der Waals surface area contributed by atoms with Gasteiger partial charge in [-0.05, 0) is 49.2 Å². The van der Waals surface area contributed by atoms with Gasteiger partial charge in [0.05, 0.1) is 17.2 Å². The first kappa shape index (κ1) is 23.5. The Morgan fingerprint density at radius 2 is 1.66 bits per heavy atom. The maximum atomic E-state index is 12.9. The molecule has 0 aromatic heterocycles. The van der Waals surface area contributed by atoms with Crippen molar-refractivity contribution in [1.29, 1.82) is 0 Å². The van der Waals surface area contributed by atoms with Gasteiger partial charge in [0.1, 0.15) is 0 Å². The van der Waals surface area contributed by atoms with Crippen LogP contribution in [0.25, 0.3) is 0 Å². The Hall–Kier alpha value is -3.16. The third-order valence-electron chi connectivity index (χ3n) is 4.66. The van der Waals surface area contributed by atoms with E-state index in [1.54, 1.807) is 49.4 Å². The molecule has 0 aliphatic rings. The molecule has 0 unspecified atom stereocenters. The largest absolute Gasteiger partial charge is 0.466 e. The van der Waals surface area contributed by atoms with Gasteiger partial charge in [-0.15, -0.1) is 0 Å². The molecule has 0 saturated heterocycles. The fourth-order valence-electron chi connectivity index (χ4n) is 3.06. The van der Waals surface area contributed by atoms with Crippen LogP contribution in [0.5, 0.6) is 0 Å². The summed E-state index contributed by atoms with van der Waals surface area (Å²) in [6, 6.07) is 19.2. The summed E-state index contributed by atoms with van der Waals surface area (Å²) in [7, 11) is -3.96. The summed E-state index contributed by atoms with van der Waals surface area (Å²) >= 11 is 6.06. The Kier molecular flexibility index (Phi) is 7.66. The fraction of sp³-hybridized carbons (Fsp3) is 0.167. The number of aryl methyl sites for hydroxylation is 1. The number of carbonyl (C=O) groups excluding carboxylic acids is 2. The number of hydrogen-bond donors (Lipinski definition) is 1. The topological polar surface area (TPSA) is 89.5 Å². The molecule has 0 radical (unpaired) electrons. The van der Waals surface area contributed by atoms with Crippen molar-refractivity contribution < 1.29 is 22.7 Å². The third-order valence-corrected chi connectivity index (χ3v) is 6.28. The molecule has 166 valence electrons. The Labute approximate surface area is 192 Å². The van der Waals surface area contributed by atoms with Crippen molar-refractivity contribution in [1.82, 2.24) is 0 Å². The average Bonchev–Trinajstić information content (AvgIpc) is 2.79. The molecular weight excluding hydrogens is 450 g/mol. The van der Waals surface area contributed by atoms with Gasteiger partial charge in [0.15, 0.2) is 5.78 Å². The van der Waals surface area contributed by atoms with Crippen LogP contribution in [0.1, 0.15) is 34.8 Å². The average molecular weight is 472 g/mol. The first-order valence-corrected chi connectivity index (χ1v) is 11.8. The molecule has 0 aliphatic heterocycles. The van der Waals surface area contributed by atoms with Crippen molar-refractivity contribution in [2.45, 2.75) is 24.7 Å². The van der Waals surface area contributed by atoms with Crippen LogP contribution >= 0.6 is 11.6 Å². The minimum Gasteiger partial charge on any atom is -0.466 e. The molecule has 0 aliphatic carbocycles. The van der Waals surface area contributed by atoms with Gasteiger partial charge in [-0.25, -0.2) is 8.42 Å². The van der Waals surface area contributed by atoms with Crippen molar-refractivity contribution in [3.63, 3.8) is 0 Å². The molecule has 1 N–H and O–H groups in total. The highest BCUT2D eigenvalue weighted by molar-refractivity contribution is 7.92. The Bertz CT molecular complexity index is 1210. The van der Waals surface area contributed by atoms with Crippen LogP contribution in [0.3, 0.4) is 0 Å². The summed E-state index contributed by atoms with van der Waals surface area (Å²) in [4.78, 5) is 24.5. The van der Waals surface area contributed by atoms with Crippen LogP contribution in [0.15, 0.2) is 77.7 Å². The summed E-state index contributed by atoms with van der Waals surface area (Å²) in [6.45, 7) is 2.06. The maximum Gasteiger partial charge on any atom is 0.306 e. The molecule has 0 amide bonds. The van der Waals surface area contributed by atoms with Crippen molar-refractivity contribution in [3.8, 4) is 0 Å². The van der Waals surface area contributed by atoms with Gasteiger partial charge in [0.25, 0.3) is 10.0 Å². The molecule has 3 aromatic carbocycles. The zero-order valence-electron chi connectivity index (χ0n) is 17.4. The zero-order valence-corrected chi connectivity index (χ0v) is 18.9. The van der Waals surface area contributed by atoms with Gasteiger partial charge in [-0.1, -0.05) is 54.1 Å². The normalized spacial score (nSPS) is 11.1. The monoisotopic (exact) mass is 471 g/mol. The van der Waals surface area contributed by atoms with Crippen LogP contribution in [-0.2, 0) is 26.0 Å². The molecule has 0 bridgehead atoms. The molecule has 0 spiro atoms. The second-order valence-electron chi connectivity index (χ2n) is 6.94. The third kappa shape index (κ3) is 5.96. The van der Waals surface area contributed by atoms with Crippen LogP contribution in [-0.4, -0.2) is 26.8 Å². The minimum absolute atomic E-state index is 0.0328. The van der Waals surface area contributed by atoms with Crippen LogP contribution in [0.2, 0.25) is 5.02 Å². The fourth-order valence-corrected chi connectivity index (χ4v) is 4.31. The molecule has 3 rings (SSSR count). The van der Waals surface area contributed by atoms with Crippen molar-refractivity contribution in [3.05, 3.63) is 94.5 Å².